The van der Waals surface area contributed by atoms with Gasteiger partial charge in [-0.3, -0.25) is 4.79 Å². The number of ketones is 1. The maximum Gasteiger partial charge on any atom is 0.508 e. The van der Waals surface area contributed by atoms with Crippen LogP contribution in [0.15, 0.2) is 30.5 Å². The van der Waals surface area contributed by atoms with Crippen molar-refractivity contribution in [1.82, 2.24) is 0 Å². The van der Waals surface area contributed by atoms with E-state index in [0.717, 1.165) is 0 Å². The fourth-order valence-corrected chi connectivity index (χ4v) is 3.36. The van der Waals surface area contributed by atoms with E-state index >= 15 is 0 Å². The molecule has 0 N–H and O–H groups in total. The molecule has 0 spiro atoms. The Bertz CT molecular complexity index is 654. The first-order valence-electron chi connectivity index (χ1n) is 7.49. The maximum absolute atomic E-state index is 12.8. The maximum atomic E-state index is 12.8. The highest BCUT2D eigenvalue weighted by Crippen LogP contribution is 2.38. The van der Waals surface area contributed by atoms with Crippen molar-refractivity contribution in [2.75, 3.05) is 7.11 Å². The molecule has 1 fully saturated rings. The molecule has 1 heterocycles. The van der Waals surface area contributed by atoms with E-state index in [1.54, 1.807) is 6.07 Å². The van der Waals surface area contributed by atoms with Gasteiger partial charge in [0.1, 0.15) is 12.2 Å². The minimum atomic E-state index is -0.706. The summed E-state index contributed by atoms with van der Waals surface area (Å²) in [6, 6.07) is 7.21. The van der Waals surface area contributed by atoms with Gasteiger partial charge < -0.3 is 14.2 Å². The van der Waals surface area contributed by atoms with Gasteiger partial charge in [0.05, 0.1) is 24.9 Å². The van der Waals surface area contributed by atoms with E-state index in [4.69, 9.17) is 21.1 Å². The van der Waals surface area contributed by atoms with Crippen LogP contribution in [0.2, 0.25) is 5.02 Å². The van der Waals surface area contributed by atoms with Crippen LogP contribution >= 0.6 is 11.6 Å². The van der Waals surface area contributed by atoms with Crippen molar-refractivity contribution < 1.29 is 23.8 Å². The topological polar surface area (TPSA) is 61.8 Å². The van der Waals surface area contributed by atoms with Gasteiger partial charge in [-0.25, -0.2) is 4.79 Å². The third-order valence-electron chi connectivity index (χ3n) is 4.30. The Morgan fingerprint density at radius 3 is 2.83 bits per heavy atom. The van der Waals surface area contributed by atoms with E-state index in [-0.39, 0.29) is 23.9 Å². The smallest absolute Gasteiger partial charge is 0.496 e. The molecule has 1 aromatic rings. The second-order valence-corrected chi connectivity index (χ2v) is 6.07. The number of fused-ring (bicyclic) bond motifs is 1. The van der Waals surface area contributed by atoms with Gasteiger partial charge in [-0.15, -0.1) is 0 Å². The van der Waals surface area contributed by atoms with Crippen LogP contribution in [0.1, 0.15) is 24.8 Å². The molecule has 1 aromatic carbocycles. The summed E-state index contributed by atoms with van der Waals surface area (Å²) in [6.45, 7) is 0. The molecule has 2 aliphatic rings. The van der Waals surface area contributed by atoms with Crippen molar-refractivity contribution in [2.45, 2.75) is 31.5 Å². The van der Waals surface area contributed by atoms with E-state index in [0.29, 0.717) is 35.4 Å². The predicted octanol–water partition coefficient (Wildman–Crippen LogP) is 3.60. The Morgan fingerprint density at radius 2 is 2.09 bits per heavy atom. The molecule has 1 aliphatic heterocycles. The van der Waals surface area contributed by atoms with Crippen molar-refractivity contribution >= 4 is 29.1 Å². The van der Waals surface area contributed by atoms with Gasteiger partial charge in [0.15, 0.2) is 5.78 Å². The van der Waals surface area contributed by atoms with Gasteiger partial charge in [0.25, 0.3) is 0 Å². The minimum absolute atomic E-state index is 0.0332. The normalized spacial score (nSPS) is 26.6. The first kappa shape index (κ1) is 15.9. The fourth-order valence-electron chi connectivity index (χ4n) is 3.12. The summed E-state index contributed by atoms with van der Waals surface area (Å²) in [7, 11) is 1.27. The molecule has 3 atom stereocenters. The quantitative estimate of drug-likeness (QED) is 0.772. The zero-order valence-electron chi connectivity index (χ0n) is 12.7. The van der Waals surface area contributed by atoms with Crippen LogP contribution in [-0.2, 0) is 19.0 Å². The molecule has 0 amide bonds. The molecule has 1 saturated carbocycles. The van der Waals surface area contributed by atoms with Crippen molar-refractivity contribution in [3.05, 3.63) is 41.1 Å². The van der Waals surface area contributed by atoms with Crippen molar-refractivity contribution in [1.29, 1.82) is 0 Å². The zero-order chi connectivity index (χ0) is 16.4. The summed E-state index contributed by atoms with van der Waals surface area (Å²) in [5.41, 5.74) is 1.19. The van der Waals surface area contributed by atoms with Crippen LogP contribution in [-0.4, -0.2) is 31.3 Å². The zero-order valence-corrected chi connectivity index (χ0v) is 13.4. The SMILES string of the molecule is COC(=O)OC1CCC2C(=O)C(c3ccccc3Cl)=COC2C1. The van der Waals surface area contributed by atoms with Gasteiger partial charge in [0.2, 0.25) is 0 Å². The lowest BCUT2D eigenvalue weighted by atomic mass is 9.78. The van der Waals surface area contributed by atoms with Crippen LogP contribution in [0.5, 0.6) is 0 Å². The number of hydrogen-bond donors (Lipinski definition) is 0. The average molecular weight is 337 g/mol. The first-order valence-corrected chi connectivity index (χ1v) is 7.87. The van der Waals surface area contributed by atoms with Crippen LogP contribution in [0.4, 0.5) is 4.79 Å². The monoisotopic (exact) mass is 336 g/mol. The number of carbonyl (C=O) groups is 2. The lowest BCUT2D eigenvalue weighted by Gasteiger charge is -2.37. The molecule has 1 aliphatic carbocycles. The van der Waals surface area contributed by atoms with Crippen LogP contribution in [0, 0.1) is 5.92 Å². The van der Waals surface area contributed by atoms with E-state index in [9.17, 15) is 9.59 Å². The Kier molecular flexibility index (Phi) is 4.57. The molecule has 0 radical (unpaired) electrons. The fraction of sp³-hybridized carbons (Fsp3) is 0.412. The summed E-state index contributed by atoms with van der Waals surface area (Å²) in [5, 5.41) is 0.525. The average Bonchev–Trinajstić information content (AvgIpc) is 2.56. The number of ether oxygens (including phenoxy) is 3. The molecular weight excluding hydrogens is 320 g/mol. The van der Waals surface area contributed by atoms with Crippen molar-refractivity contribution in [3.63, 3.8) is 0 Å². The van der Waals surface area contributed by atoms with Gasteiger partial charge >= 0.3 is 6.16 Å². The molecule has 3 unspecified atom stereocenters. The Hall–Kier alpha value is -2.01. The highest BCUT2D eigenvalue weighted by molar-refractivity contribution is 6.35. The minimum Gasteiger partial charge on any atom is -0.496 e. The third kappa shape index (κ3) is 3.20. The second kappa shape index (κ2) is 6.62. The van der Waals surface area contributed by atoms with Gasteiger partial charge in [-0.2, -0.15) is 0 Å². The molecule has 0 bridgehead atoms. The van der Waals surface area contributed by atoms with Crippen molar-refractivity contribution in [3.8, 4) is 0 Å². The van der Waals surface area contributed by atoms with Crippen LogP contribution < -0.4 is 0 Å². The molecule has 122 valence electrons. The highest BCUT2D eigenvalue weighted by Gasteiger charge is 2.41. The van der Waals surface area contributed by atoms with Gasteiger partial charge in [-0.1, -0.05) is 29.8 Å². The number of hydrogen-bond acceptors (Lipinski definition) is 5. The second-order valence-electron chi connectivity index (χ2n) is 5.66. The number of halogens is 1. The van der Waals surface area contributed by atoms with Crippen molar-refractivity contribution in [2.24, 2.45) is 5.92 Å². The van der Waals surface area contributed by atoms with E-state index in [1.165, 1.54) is 13.4 Å². The molecule has 23 heavy (non-hydrogen) atoms. The van der Waals surface area contributed by atoms with E-state index in [1.807, 2.05) is 18.2 Å². The Balaban J connectivity index is 1.76. The number of rotatable bonds is 2. The number of allylic oxidation sites excluding steroid dienone is 1. The highest BCUT2D eigenvalue weighted by atomic mass is 35.5. The predicted molar refractivity (Wildman–Crippen MR) is 83.9 cm³/mol. The lowest BCUT2D eigenvalue weighted by Crippen LogP contribution is -2.42. The van der Waals surface area contributed by atoms with Gasteiger partial charge in [0, 0.05) is 17.0 Å². The molecule has 6 heteroatoms. The largest absolute Gasteiger partial charge is 0.508 e. The number of benzene rings is 1. The van der Waals surface area contributed by atoms with Crippen LogP contribution in [0.25, 0.3) is 5.57 Å². The summed E-state index contributed by atoms with van der Waals surface area (Å²) >= 11 is 6.17. The molecular formula is C17H17ClO5. The standard InChI is InChI=1S/C17H17ClO5/c1-21-17(20)23-10-6-7-12-15(8-10)22-9-13(16(12)19)11-4-2-3-5-14(11)18/h2-5,9-10,12,15H,6-8H2,1H3. The number of carbonyl (C=O) groups excluding carboxylic acids is 2. The Labute approximate surface area is 139 Å². The number of Topliss-reactive ketones (excluding diaryl/α,β-unsaturated/α-hetero) is 1. The summed E-state index contributed by atoms with van der Waals surface area (Å²) < 4.78 is 15.4. The van der Waals surface area contributed by atoms with E-state index in [2.05, 4.69) is 4.74 Å². The summed E-state index contributed by atoms with van der Waals surface area (Å²) in [4.78, 5) is 24.0. The first-order chi connectivity index (χ1) is 11.1. The molecule has 5 nitrogen and oxygen atoms in total. The summed E-state index contributed by atoms with van der Waals surface area (Å²) in [5.74, 6) is -0.199. The lowest BCUT2D eigenvalue weighted by molar-refractivity contribution is -0.126. The van der Waals surface area contributed by atoms with Gasteiger partial charge in [-0.05, 0) is 18.9 Å². The van der Waals surface area contributed by atoms with E-state index < -0.39 is 6.16 Å². The van der Waals surface area contributed by atoms with Crippen LogP contribution in [0.3, 0.4) is 0 Å². The summed E-state index contributed by atoms with van der Waals surface area (Å²) in [6.07, 6.45) is 1.91. The molecule has 0 aromatic heterocycles. The number of methoxy groups -OCH3 is 1. The molecule has 3 rings (SSSR count). The molecule has 0 saturated heterocycles. The Morgan fingerprint density at radius 1 is 1.30 bits per heavy atom. The third-order valence-corrected chi connectivity index (χ3v) is 4.63.